The quantitative estimate of drug-likeness (QED) is 0.297. The Kier molecular flexibility index (Phi) is 8.84. The standard InChI is InChI=1S/C25H33N3OS/c1-4-7-16-28(17-8-5-2)24(6-3)29-22-13-11-20(12-14-22)23-19-30-25(27-23)21-10-9-15-26-18-21/h9-15,18-19,24H,4-8,16-17H2,1-3H3. The highest BCUT2D eigenvalue weighted by molar-refractivity contribution is 7.13. The van der Waals surface area contributed by atoms with E-state index in [-0.39, 0.29) is 6.23 Å². The minimum atomic E-state index is 0.130. The van der Waals surface area contributed by atoms with E-state index in [1.165, 1.54) is 25.7 Å². The summed E-state index contributed by atoms with van der Waals surface area (Å²) in [6, 6.07) is 12.3. The molecule has 3 aromatic rings. The third-order valence-corrected chi connectivity index (χ3v) is 6.08. The maximum atomic E-state index is 6.39. The Labute approximate surface area is 185 Å². The smallest absolute Gasteiger partial charge is 0.152 e. The molecule has 1 aromatic carbocycles. The van der Waals surface area contributed by atoms with E-state index in [9.17, 15) is 0 Å². The second kappa shape index (κ2) is 11.8. The molecule has 2 aromatic heterocycles. The molecule has 0 aliphatic heterocycles. The van der Waals surface area contributed by atoms with Gasteiger partial charge in [-0.15, -0.1) is 11.3 Å². The first-order valence-corrected chi connectivity index (χ1v) is 12.0. The maximum absolute atomic E-state index is 6.39. The summed E-state index contributed by atoms with van der Waals surface area (Å²) in [5.41, 5.74) is 3.15. The molecule has 0 aliphatic rings. The largest absolute Gasteiger partial charge is 0.475 e. The fraction of sp³-hybridized carbons (Fsp3) is 0.440. The Morgan fingerprint density at radius 2 is 1.70 bits per heavy atom. The first-order valence-electron chi connectivity index (χ1n) is 11.1. The van der Waals surface area contributed by atoms with Gasteiger partial charge in [-0.2, -0.15) is 0 Å². The summed E-state index contributed by atoms with van der Waals surface area (Å²) in [5, 5.41) is 3.09. The maximum Gasteiger partial charge on any atom is 0.152 e. The van der Waals surface area contributed by atoms with Crippen LogP contribution in [0.5, 0.6) is 5.75 Å². The van der Waals surface area contributed by atoms with Crippen molar-refractivity contribution in [3.8, 4) is 27.6 Å². The second-order valence-corrected chi connectivity index (χ2v) is 8.39. The predicted octanol–water partition coefficient (Wildman–Crippen LogP) is 6.89. The molecular weight excluding hydrogens is 390 g/mol. The molecule has 4 nitrogen and oxygen atoms in total. The van der Waals surface area contributed by atoms with Crippen LogP contribution >= 0.6 is 11.3 Å². The molecule has 30 heavy (non-hydrogen) atoms. The molecule has 0 aliphatic carbocycles. The van der Waals surface area contributed by atoms with Crippen LogP contribution in [0.1, 0.15) is 52.9 Å². The number of rotatable bonds is 12. The van der Waals surface area contributed by atoms with E-state index >= 15 is 0 Å². The summed E-state index contributed by atoms with van der Waals surface area (Å²) in [5.74, 6) is 0.923. The summed E-state index contributed by atoms with van der Waals surface area (Å²) in [6.07, 6.45) is 9.60. The average Bonchev–Trinajstić information content (AvgIpc) is 3.29. The molecule has 1 unspecified atom stereocenters. The molecule has 0 spiro atoms. The molecule has 3 rings (SSSR count). The van der Waals surface area contributed by atoms with E-state index in [0.29, 0.717) is 0 Å². The SMILES string of the molecule is CCCCN(CCCC)C(CC)Oc1ccc(-c2csc(-c3cccnc3)n2)cc1. The lowest BCUT2D eigenvalue weighted by Crippen LogP contribution is -2.40. The Bertz CT molecular complexity index is 856. The molecule has 5 heteroatoms. The zero-order chi connectivity index (χ0) is 21.2. The van der Waals surface area contributed by atoms with Crippen LogP contribution in [0.2, 0.25) is 0 Å². The van der Waals surface area contributed by atoms with Crippen molar-refractivity contribution >= 4 is 11.3 Å². The number of pyridine rings is 1. The second-order valence-electron chi connectivity index (χ2n) is 7.53. The number of aromatic nitrogens is 2. The number of hydrogen-bond donors (Lipinski definition) is 0. The molecule has 0 amide bonds. The lowest BCUT2D eigenvalue weighted by molar-refractivity contribution is 0.0202. The molecule has 0 fully saturated rings. The monoisotopic (exact) mass is 423 g/mol. The molecule has 160 valence electrons. The third kappa shape index (κ3) is 6.13. The van der Waals surface area contributed by atoms with E-state index < -0.39 is 0 Å². The van der Waals surface area contributed by atoms with Crippen molar-refractivity contribution in [1.82, 2.24) is 14.9 Å². The number of nitrogens with zero attached hydrogens (tertiary/aromatic N) is 3. The van der Waals surface area contributed by atoms with E-state index in [0.717, 1.165) is 47.1 Å². The van der Waals surface area contributed by atoms with Crippen LogP contribution < -0.4 is 4.74 Å². The Morgan fingerprint density at radius 1 is 0.967 bits per heavy atom. The highest BCUT2D eigenvalue weighted by atomic mass is 32.1. The zero-order valence-corrected chi connectivity index (χ0v) is 19.2. The van der Waals surface area contributed by atoms with E-state index in [1.54, 1.807) is 17.5 Å². The molecule has 0 saturated heterocycles. The molecule has 1 atom stereocenters. The van der Waals surface area contributed by atoms with E-state index in [1.807, 2.05) is 18.3 Å². The van der Waals surface area contributed by atoms with Crippen molar-refractivity contribution < 1.29 is 4.74 Å². The van der Waals surface area contributed by atoms with Crippen LogP contribution in [0.3, 0.4) is 0 Å². The molecule has 0 saturated carbocycles. The average molecular weight is 424 g/mol. The third-order valence-electron chi connectivity index (χ3n) is 5.19. The van der Waals surface area contributed by atoms with Crippen LogP contribution in [0, 0.1) is 0 Å². The van der Waals surface area contributed by atoms with Crippen LogP contribution in [-0.4, -0.2) is 34.2 Å². The van der Waals surface area contributed by atoms with Crippen LogP contribution in [0.25, 0.3) is 21.8 Å². The lowest BCUT2D eigenvalue weighted by atomic mass is 10.1. The molecule has 2 heterocycles. The Hall–Kier alpha value is -2.24. The van der Waals surface area contributed by atoms with Crippen LogP contribution in [0.15, 0.2) is 54.2 Å². The summed E-state index contributed by atoms with van der Waals surface area (Å²) in [4.78, 5) is 11.5. The Morgan fingerprint density at radius 3 is 2.30 bits per heavy atom. The zero-order valence-electron chi connectivity index (χ0n) is 18.4. The van der Waals surface area contributed by atoms with Gasteiger partial charge in [-0.1, -0.05) is 33.6 Å². The van der Waals surface area contributed by atoms with Gasteiger partial charge in [0.15, 0.2) is 6.23 Å². The summed E-state index contributed by atoms with van der Waals surface area (Å²) in [7, 11) is 0. The normalized spacial score (nSPS) is 12.3. The minimum absolute atomic E-state index is 0.130. The van der Waals surface area contributed by atoms with Gasteiger partial charge in [0, 0.05) is 42.0 Å². The van der Waals surface area contributed by atoms with Gasteiger partial charge in [0.2, 0.25) is 0 Å². The minimum Gasteiger partial charge on any atom is -0.475 e. The highest BCUT2D eigenvalue weighted by Gasteiger charge is 2.17. The van der Waals surface area contributed by atoms with Crippen molar-refractivity contribution in [3.63, 3.8) is 0 Å². The van der Waals surface area contributed by atoms with Crippen molar-refractivity contribution in [2.24, 2.45) is 0 Å². The van der Waals surface area contributed by atoms with Gasteiger partial charge in [-0.3, -0.25) is 9.88 Å². The summed E-state index contributed by atoms with van der Waals surface area (Å²) < 4.78 is 6.39. The summed E-state index contributed by atoms with van der Waals surface area (Å²) in [6.45, 7) is 8.90. The number of hydrogen-bond acceptors (Lipinski definition) is 5. The van der Waals surface area contributed by atoms with Gasteiger partial charge in [-0.05, 0) is 55.7 Å². The van der Waals surface area contributed by atoms with E-state index in [2.05, 4.69) is 60.3 Å². The predicted molar refractivity (Wildman–Crippen MR) is 127 cm³/mol. The number of thiazole rings is 1. The highest BCUT2D eigenvalue weighted by Crippen LogP contribution is 2.29. The van der Waals surface area contributed by atoms with Crippen molar-refractivity contribution in [2.45, 2.75) is 59.1 Å². The van der Waals surface area contributed by atoms with Crippen LogP contribution in [0.4, 0.5) is 0 Å². The molecular formula is C25H33N3OS. The number of ether oxygens (including phenoxy) is 1. The number of unbranched alkanes of at least 4 members (excludes halogenated alkanes) is 2. The van der Waals surface area contributed by atoms with Crippen molar-refractivity contribution in [3.05, 3.63) is 54.2 Å². The van der Waals surface area contributed by atoms with Gasteiger partial charge in [0.25, 0.3) is 0 Å². The van der Waals surface area contributed by atoms with Crippen molar-refractivity contribution in [2.75, 3.05) is 13.1 Å². The van der Waals surface area contributed by atoms with Crippen molar-refractivity contribution in [1.29, 1.82) is 0 Å². The van der Waals surface area contributed by atoms with Gasteiger partial charge >= 0.3 is 0 Å². The molecule has 0 radical (unpaired) electrons. The first-order chi connectivity index (χ1) is 14.7. The first kappa shape index (κ1) is 22.4. The fourth-order valence-corrected chi connectivity index (χ4v) is 4.25. The molecule has 0 N–H and O–H groups in total. The topological polar surface area (TPSA) is 38.2 Å². The summed E-state index contributed by atoms with van der Waals surface area (Å²) >= 11 is 1.65. The molecule has 0 bridgehead atoms. The fourth-order valence-electron chi connectivity index (χ4n) is 3.43. The van der Waals surface area contributed by atoms with Crippen LogP contribution in [-0.2, 0) is 0 Å². The van der Waals surface area contributed by atoms with Gasteiger partial charge in [0.1, 0.15) is 10.8 Å². The Balaban J connectivity index is 1.67. The van der Waals surface area contributed by atoms with E-state index in [4.69, 9.17) is 9.72 Å². The van der Waals surface area contributed by atoms with Gasteiger partial charge in [-0.25, -0.2) is 4.98 Å². The number of benzene rings is 1. The van der Waals surface area contributed by atoms with Gasteiger partial charge in [0.05, 0.1) is 5.69 Å². The lowest BCUT2D eigenvalue weighted by Gasteiger charge is -2.31. The van der Waals surface area contributed by atoms with Gasteiger partial charge < -0.3 is 4.74 Å².